The molecule has 0 aromatic heterocycles. The molecule has 3 amide bonds. The molecular formula is C14H24N4O3. The summed E-state index contributed by atoms with van der Waals surface area (Å²) < 4.78 is 0. The average molecular weight is 296 g/mol. The highest BCUT2D eigenvalue weighted by Gasteiger charge is 2.26. The second-order valence-electron chi connectivity index (χ2n) is 5.33. The Morgan fingerprint density at radius 3 is 2.48 bits per heavy atom. The molecule has 0 heterocycles. The first kappa shape index (κ1) is 18.9. The Morgan fingerprint density at radius 2 is 1.95 bits per heavy atom. The van der Waals surface area contributed by atoms with Gasteiger partial charge in [0, 0.05) is 20.1 Å². The van der Waals surface area contributed by atoms with Gasteiger partial charge in [-0.3, -0.25) is 19.3 Å². The smallest absolute Gasteiger partial charge is 0.245 e. The van der Waals surface area contributed by atoms with Crippen molar-refractivity contribution in [3.05, 3.63) is 0 Å². The molecule has 0 aromatic rings. The Labute approximate surface area is 126 Å². The Bertz CT molecular complexity index is 415. The molecule has 0 spiro atoms. The third-order valence-electron chi connectivity index (χ3n) is 2.93. The van der Waals surface area contributed by atoms with Crippen molar-refractivity contribution in [2.45, 2.75) is 19.4 Å². The van der Waals surface area contributed by atoms with Gasteiger partial charge >= 0.3 is 0 Å². The molecule has 7 nitrogen and oxygen atoms in total. The number of likely N-dealkylation sites (N-methyl/N-ethyl adjacent to an activating group) is 2. The van der Waals surface area contributed by atoms with Crippen molar-refractivity contribution >= 4 is 18.2 Å². The number of hydrogen-bond donors (Lipinski definition) is 2. The summed E-state index contributed by atoms with van der Waals surface area (Å²) in [6.07, 6.45) is 5.63. The predicted molar refractivity (Wildman–Crippen MR) is 80.3 cm³/mol. The van der Waals surface area contributed by atoms with Crippen LogP contribution in [0.15, 0.2) is 0 Å². The maximum absolute atomic E-state index is 11.8. The SMILES string of the molecule is C#CCN(C)C(=O)CN(C)CCNC(=O)C(C)(C)NC=O. The van der Waals surface area contributed by atoms with Crippen LogP contribution >= 0.6 is 0 Å². The third-order valence-corrected chi connectivity index (χ3v) is 2.93. The molecule has 118 valence electrons. The molecule has 0 saturated carbocycles. The zero-order valence-electron chi connectivity index (χ0n) is 13.1. The number of amides is 3. The molecule has 0 aliphatic heterocycles. The zero-order valence-corrected chi connectivity index (χ0v) is 13.1. The van der Waals surface area contributed by atoms with Gasteiger partial charge in [-0.1, -0.05) is 5.92 Å². The Balaban J connectivity index is 4.08. The van der Waals surface area contributed by atoms with E-state index in [1.807, 2.05) is 0 Å². The van der Waals surface area contributed by atoms with E-state index < -0.39 is 5.54 Å². The number of hydrogen-bond acceptors (Lipinski definition) is 4. The molecule has 0 atom stereocenters. The number of nitrogens with one attached hydrogen (secondary N) is 2. The van der Waals surface area contributed by atoms with Crippen molar-refractivity contribution in [2.75, 3.05) is 40.3 Å². The lowest BCUT2D eigenvalue weighted by atomic mass is 10.1. The largest absolute Gasteiger partial charge is 0.353 e. The lowest BCUT2D eigenvalue weighted by Crippen LogP contribution is -2.53. The minimum Gasteiger partial charge on any atom is -0.353 e. The van der Waals surface area contributed by atoms with Gasteiger partial charge in [0.05, 0.1) is 13.1 Å². The third kappa shape index (κ3) is 7.32. The van der Waals surface area contributed by atoms with E-state index in [2.05, 4.69) is 16.6 Å². The first-order valence-electron chi connectivity index (χ1n) is 6.60. The number of terminal acetylenes is 1. The van der Waals surface area contributed by atoms with Crippen LogP contribution in [-0.4, -0.2) is 73.8 Å². The summed E-state index contributed by atoms with van der Waals surface area (Å²) in [5.41, 5.74) is -0.955. The number of carbonyl (C=O) groups excluding carboxylic acids is 3. The van der Waals surface area contributed by atoms with E-state index in [0.717, 1.165) is 0 Å². The summed E-state index contributed by atoms with van der Waals surface area (Å²) in [5.74, 6) is 2.04. The fourth-order valence-corrected chi connectivity index (χ4v) is 1.45. The molecule has 0 saturated heterocycles. The van der Waals surface area contributed by atoms with E-state index in [1.165, 1.54) is 4.90 Å². The Kier molecular flexibility index (Phi) is 8.09. The van der Waals surface area contributed by atoms with E-state index in [1.54, 1.807) is 32.8 Å². The lowest BCUT2D eigenvalue weighted by Gasteiger charge is -2.24. The van der Waals surface area contributed by atoms with E-state index >= 15 is 0 Å². The van der Waals surface area contributed by atoms with Gasteiger partial charge in [-0.2, -0.15) is 0 Å². The number of rotatable bonds is 9. The van der Waals surface area contributed by atoms with Gasteiger partial charge in [-0.05, 0) is 20.9 Å². The van der Waals surface area contributed by atoms with Crippen molar-refractivity contribution in [1.82, 2.24) is 20.4 Å². The van der Waals surface area contributed by atoms with Gasteiger partial charge in [0.25, 0.3) is 0 Å². The van der Waals surface area contributed by atoms with Crippen LogP contribution in [0.1, 0.15) is 13.8 Å². The molecule has 0 fully saturated rings. The first-order chi connectivity index (χ1) is 9.74. The maximum atomic E-state index is 11.8. The second kappa shape index (κ2) is 8.97. The minimum atomic E-state index is -0.955. The van der Waals surface area contributed by atoms with Gasteiger partial charge in [0.2, 0.25) is 18.2 Å². The topological polar surface area (TPSA) is 81.8 Å². The molecule has 0 radical (unpaired) electrons. The second-order valence-corrected chi connectivity index (χ2v) is 5.33. The molecule has 0 rings (SSSR count). The molecule has 7 heteroatoms. The highest BCUT2D eigenvalue weighted by atomic mass is 16.2. The highest BCUT2D eigenvalue weighted by Crippen LogP contribution is 1.99. The molecule has 0 bridgehead atoms. The van der Waals surface area contributed by atoms with Crippen LogP contribution in [0.5, 0.6) is 0 Å². The van der Waals surface area contributed by atoms with Crippen LogP contribution in [0.25, 0.3) is 0 Å². The van der Waals surface area contributed by atoms with Gasteiger partial charge in [0.15, 0.2) is 0 Å². The normalized spacial score (nSPS) is 10.7. The van der Waals surface area contributed by atoms with Crippen molar-refractivity contribution < 1.29 is 14.4 Å². The van der Waals surface area contributed by atoms with Crippen molar-refractivity contribution in [2.24, 2.45) is 0 Å². The van der Waals surface area contributed by atoms with E-state index in [9.17, 15) is 14.4 Å². The van der Waals surface area contributed by atoms with E-state index in [0.29, 0.717) is 19.5 Å². The molecule has 0 aliphatic rings. The van der Waals surface area contributed by atoms with Gasteiger partial charge < -0.3 is 15.5 Å². The van der Waals surface area contributed by atoms with Crippen LogP contribution in [0.4, 0.5) is 0 Å². The monoisotopic (exact) mass is 296 g/mol. The van der Waals surface area contributed by atoms with Crippen LogP contribution in [0.2, 0.25) is 0 Å². The molecule has 0 unspecified atom stereocenters. The fourth-order valence-electron chi connectivity index (χ4n) is 1.45. The van der Waals surface area contributed by atoms with Gasteiger partial charge in [-0.25, -0.2) is 0 Å². The van der Waals surface area contributed by atoms with E-state index in [4.69, 9.17) is 6.42 Å². The standard InChI is InChI=1S/C14H24N4O3/c1-6-8-18(5)12(20)10-17(4)9-7-15-13(21)14(2,3)16-11-19/h1,11H,7-10H2,2-5H3,(H,15,21)(H,16,19). The number of carbonyl (C=O) groups is 3. The minimum absolute atomic E-state index is 0.0790. The molecule has 2 N–H and O–H groups in total. The summed E-state index contributed by atoms with van der Waals surface area (Å²) >= 11 is 0. The van der Waals surface area contributed by atoms with Gasteiger partial charge in [0.1, 0.15) is 5.54 Å². The van der Waals surface area contributed by atoms with Crippen molar-refractivity contribution in [1.29, 1.82) is 0 Å². The summed E-state index contributed by atoms with van der Waals surface area (Å²) in [4.78, 5) is 37.2. The summed E-state index contributed by atoms with van der Waals surface area (Å²) in [7, 11) is 3.42. The van der Waals surface area contributed by atoms with Gasteiger partial charge in [-0.15, -0.1) is 6.42 Å². The molecule has 0 aromatic carbocycles. The average Bonchev–Trinajstić information content (AvgIpc) is 2.38. The van der Waals surface area contributed by atoms with Crippen LogP contribution in [-0.2, 0) is 14.4 Å². The van der Waals surface area contributed by atoms with Crippen LogP contribution in [0.3, 0.4) is 0 Å². The summed E-state index contributed by atoms with van der Waals surface area (Å²) in [5, 5.41) is 5.14. The van der Waals surface area contributed by atoms with Crippen LogP contribution < -0.4 is 10.6 Å². The van der Waals surface area contributed by atoms with E-state index in [-0.39, 0.29) is 24.9 Å². The first-order valence-corrected chi connectivity index (χ1v) is 6.60. The quantitative estimate of drug-likeness (QED) is 0.407. The molecule has 21 heavy (non-hydrogen) atoms. The van der Waals surface area contributed by atoms with Crippen molar-refractivity contribution in [3.8, 4) is 12.3 Å². The summed E-state index contributed by atoms with van der Waals surface area (Å²) in [6, 6.07) is 0. The van der Waals surface area contributed by atoms with Crippen molar-refractivity contribution in [3.63, 3.8) is 0 Å². The predicted octanol–water partition coefficient (Wildman–Crippen LogP) is -1.35. The molecular weight excluding hydrogens is 272 g/mol. The molecule has 0 aliphatic carbocycles. The fraction of sp³-hybridized carbons (Fsp3) is 0.643. The Morgan fingerprint density at radius 1 is 1.33 bits per heavy atom. The Hall–Kier alpha value is -2.07. The lowest BCUT2D eigenvalue weighted by molar-refractivity contribution is -0.130. The summed E-state index contributed by atoms with van der Waals surface area (Å²) in [6.45, 7) is 4.61. The highest BCUT2D eigenvalue weighted by molar-refractivity contribution is 5.87. The zero-order chi connectivity index (χ0) is 16.5. The maximum Gasteiger partial charge on any atom is 0.245 e. The number of nitrogens with zero attached hydrogens (tertiary/aromatic N) is 2. The van der Waals surface area contributed by atoms with Crippen LogP contribution in [0, 0.1) is 12.3 Å².